The lowest BCUT2D eigenvalue weighted by molar-refractivity contribution is -0.134. The Bertz CT molecular complexity index is 830. The summed E-state index contributed by atoms with van der Waals surface area (Å²) in [5, 5.41) is 16.6. The normalized spacial score (nSPS) is 13.6. The van der Waals surface area contributed by atoms with Crippen molar-refractivity contribution in [2.75, 3.05) is 6.54 Å². The Hall–Kier alpha value is -2.41. The smallest absolute Gasteiger partial charge is 0.300 e. The predicted octanol–water partition coefficient (Wildman–Crippen LogP) is 0.558. The molecular weight excluding hydrogens is 304 g/mol. The van der Waals surface area contributed by atoms with Crippen LogP contribution in [0.15, 0.2) is 34.1 Å². The van der Waals surface area contributed by atoms with Crippen molar-refractivity contribution in [2.24, 2.45) is 4.99 Å². The maximum Gasteiger partial charge on any atom is 0.300 e. The summed E-state index contributed by atoms with van der Waals surface area (Å²) in [7, 11) is 0. The Morgan fingerprint density at radius 2 is 2.00 bits per heavy atom. The number of aromatic hydroxyl groups is 1. The van der Waals surface area contributed by atoms with Crippen LogP contribution in [0.5, 0.6) is 5.75 Å². The number of carboxylic acids is 1. The largest absolute Gasteiger partial charge is 0.508 e. The first-order valence-electron chi connectivity index (χ1n) is 6.72. The van der Waals surface area contributed by atoms with Gasteiger partial charge >= 0.3 is 0 Å². The Morgan fingerprint density at radius 3 is 2.59 bits per heavy atom. The number of phenolic OH excluding ortho intramolecular Hbond substituents is 1. The molecule has 0 atom stereocenters. The third kappa shape index (κ3) is 4.05. The topological polar surface area (TPSA) is 91.9 Å². The molecular formula is C15H16N2O4S. The number of benzene rings is 1. The van der Waals surface area contributed by atoms with Crippen molar-refractivity contribution in [1.82, 2.24) is 4.57 Å². The van der Waals surface area contributed by atoms with E-state index in [2.05, 4.69) is 4.99 Å². The lowest BCUT2D eigenvalue weighted by Crippen LogP contribution is -2.33. The minimum Gasteiger partial charge on any atom is -0.508 e. The molecule has 1 aromatic carbocycles. The highest BCUT2D eigenvalue weighted by molar-refractivity contribution is 7.07. The summed E-state index contributed by atoms with van der Waals surface area (Å²) < 4.78 is 2.43. The highest BCUT2D eigenvalue weighted by Gasteiger charge is 2.08. The number of carbonyl (C=O) groups is 1. The maximum absolute atomic E-state index is 12.1. The van der Waals surface area contributed by atoms with Crippen LogP contribution in [-0.4, -0.2) is 27.3 Å². The minimum atomic E-state index is -0.833. The number of aromatic nitrogens is 1. The fourth-order valence-corrected chi connectivity index (χ4v) is 2.98. The summed E-state index contributed by atoms with van der Waals surface area (Å²) >= 11 is 1.43. The number of carboxylic acid groups (broad SMARTS) is 1. The standard InChI is InChI=1S/C13H12N2O2S.C2H4O2/c16-10-4-2-9(3-5-10)8-11-12(17)15-7-1-6-14-13(15)18-11;1-2(3)4/h2-5,8,16H,1,6-7H2;1H3,(H,3,4)/b11-8-;. The van der Waals surface area contributed by atoms with Crippen molar-refractivity contribution in [3.63, 3.8) is 0 Å². The van der Waals surface area contributed by atoms with Gasteiger partial charge in [-0.05, 0) is 30.2 Å². The second kappa shape index (κ2) is 7.04. The number of hydrogen-bond acceptors (Lipinski definition) is 5. The number of aliphatic carboxylic acids is 1. The Morgan fingerprint density at radius 1 is 1.36 bits per heavy atom. The number of hydrogen-bond donors (Lipinski definition) is 2. The van der Waals surface area contributed by atoms with Crippen LogP contribution in [0.2, 0.25) is 0 Å². The zero-order chi connectivity index (χ0) is 16.1. The van der Waals surface area contributed by atoms with E-state index >= 15 is 0 Å². The number of phenols is 1. The van der Waals surface area contributed by atoms with Crippen molar-refractivity contribution in [1.29, 1.82) is 0 Å². The molecule has 0 saturated carbocycles. The third-order valence-electron chi connectivity index (χ3n) is 2.87. The predicted molar refractivity (Wildman–Crippen MR) is 83.8 cm³/mol. The van der Waals surface area contributed by atoms with Crippen LogP contribution >= 0.6 is 11.3 Å². The average molecular weight is 320 g/mol. The molecule has 2 aromatic rings. The number of fused-ring (bicyclic) bond motifs is 1. The first-order valence-corrected chi connectivity index (χ1v) is 7.53. The van der Waals surface area contributed by atoms with E-state index in [1.165, 1.54) is 11.3 Å². The van der Waals surface area contributed by atoms with E-state index < -0.39 is 5.97 Å². The quantitative estimate of drug-likeness (QED) is 0.803. The van der Waals surface area contributed by atoms with Crippen molar-refractivity contribution >= 4 is 23.4 Å². The molecule has 7 heteroatoms. The SMILES string of the molecule is CC(=O)O.O=c1/c(=C/c2ccc(O)cc2)sc2n1CCCN=2. The number of thiazole rings is 1. The van der Waals surface area contributed by atoms with E-state index in [-0.39, 0.29) is 11.3 Å². The van der Waals surface area contributed by atoms with Gasteiger partial charge in [0.05, 0.1) is 4.53 Å². The molecule has 0 radical (unpaired) electrons. The summed E-state index contributed by atoms with van der Waals surface area (Å²) in [4.78, 5) is 26.3. The van der Waals surface area contributed by atoms with E-state index in [1.54, 1.807) is 28.8 Å². The molecule has 2 heterocycles. The summed E-state index contributed by atoms with van der Waals surface area (Å²) in [5.41, 5.74) is 0.940. The molecule has 22 heavy (non-hydrogen) atoms. The van der Waals surface area contributed by atoms with E-state index in [1.807, 2.05) is 6.08 Å². The first-order chi connectivity index (χ1) is 10.5. The van der Waals surface area contributed by atoms with Gasteiger partial charge in [-0.3, -0.25) is 19.1 Å². The Labute approximate surface area is 130 Å². The van der Waals surface area contributed by atoms with Crippen LogP contribution in [0.3, 0.4) is 0 Å². The number of rotatable bonds is 1. The molecule has 2 N–H and O–H groups in total. The van der Waals surface area contributed by atoms with Gasteiger partial charge in [0.25, 0.3) is 11.5 Å². The monoisotopic (exact) mass is 320 g/mol. The van der Waals surface area contributed by atoms with Gasteiger partial charge in [-0.15, -0.1) is 0 Å². The number of nitrogens with zero attached hydrogens (tertiary/aromatic N) is 2. The molecule has 1 aromatic heterocycles. The van der Waals surface area contributed by atoms with Crippen molar-refractivity contribution in [3.05, 3.63) is 49.5 Å². The van der Waals surface area contributed by atoms with Crippen molar-refractivity contribution < 1.29 is 15.0 Å². The zero-order valence-corrected chi connectivity index (χ0v) is 12.8. The van der Waals surface area contributed by atoms with Crippen LogP contribution < -0.4 is 14.9 Å². The second-order valence-corrected chi connectivity index (χ2v) is 5.70. The molecule has 0 fully saturated rings. The fraction of sp³-hybridized carbons (Fsp3) is 0.267. The van der Waals surface area contributed by atoms with Crippen molar-refractivity contribution in [3.8, 4) is 5.75 Å². The Balaban J connectivity index is 0.000000396. The Kier molecular flexibility index (Phi) is 5.11. The molecule has 1 aliphatic heterocycles. The van der Waals surface area contributed by atoms with Gasteiger partial charge in [-0.2, -0.15) is 0 Å². The van der Waals surface area contributed by atoms with E-state index in [0.29, 0.717) is 4.53 Å². The molecule has 116 valence electrons. The summed E-state index contributed by atoms with van der Waals surface area (Å²) in [6.45, 7) is 2.65. The lowest BCUT2D eigenvalue weighted by atomic mass is 10.2. The maximum atomic E-state index is 12.1. The lowest BCUT2D eigenvalue weighted by Gasteiger charge is -2.03. The van der Waals surface area contributed by atoms with Gasteiger partial charge in [-0.1, -0.05) is 23.5 Å². The summed E-state index contributed by atoms with van der Waals surface area (Å²) in [6, 6.07) is 6.80. The van der Waals surface area contributed by atoms with Crippen LogP contribution in [-0.2, 0) is 11.3 Å². The summed E-state index contributed by atoms with van der Waals surface area (Å²) in [6.07, 6.45) is 2.77. The van der Waals surface area contributed by atoms with Gasteiger partial charge in [0.15, 0.2) is 4.80 Å². The van der Waals surface area contributed by atoms with Gasteiger partial charge in [0.2, 0.25) is 0 Å². The minimum absolute atomic E-state index is 0.0338. The van der Waals surface area contributed by atoms with Crippen LogP contribution in [0.1, 0.15) is 18.9 Å². The highest BCUT2D eigenvalue weighted by Crippen LogP contribution is 2.09. The van der Waals surface area contributed by atoms with Crippen LogP contribution in [0, 0.1) is 0 Å². The molecule has 6 nitrogen and oxygen atoms in total. The van der Waals surface area contributed by atoms with Crippen LogP contribution in [0.25, 0.3) is 6.08 Å². The molecule has 1 aliphatic rings. The average Bonchev–Trinajstić information content (AvgIpc) is 2.78. The van der Waals surface area contributed by atoms with Gasteiger partial charge in [-0.25, -0.2) is 0 Å². The van der Waals surface area contributed by atoms with E-state index in [9.17, 15) is 9.90 Å². The van der Waals surface area contributed by atoms with Crippen molar-refractivity contribution in [2.45, 2.75) is 19.9 Å². The van der Waals surface area contributed by atoms with Gasteiger partial charge in [0.1, 0.15) is 5.75 Å². The third-order valence-corrected chi connectivity index (χ3v) is 3.91. The fourth-order valence-electron chi connectivity index (χ4n) is 1.95. The molecule has 0 unspecified atom stereocenters. The van der Waals surface area contributed by atoms with Gasteiger partial charge in [0, 0.05) is 20.0 Å². The first kappa shape index (κ1) is 16.0. The molecule has 0 bridgehead atoms. The second-order valence-electron chi connectivity index (χ2n) is 4.70. The highest BCUT2D eigenvalue weighted by atomic mass is 32.1. The zero-order valence-electron chi connectivity index (χ0n) is 12.0. The van der Waals surface area contributed by atoms with E-state index in [4.69, 9.17) is 9.90 Å². The molecule has 0 aliphatic carbocycles. The molecule has 0 spiro atoms. The van der Waals surface area contributed by atoms with E-state index in [0.717, 1.165) is 36.8 Å². The molecule has 0 amide bonds. The molecule has 3 rings (SSSR count). The van der Waals surface area contributed by atoms with Gasteiger partial charge < -0.3 is 10.2 Å². The van der Waals surface area contributed by atoms with Crippen LogP contribution in [0.4, 0.5) is 0 Å². The molecule has 0 saturated heterocycles. The summed E-state index contributed by atoms with van der Waals surface area (Å²) in [5.74, 6) is -0.607.